The number of rotatable bonds is 3. The van der Waals surface area contributed by atoms with E-state index in [-0.39, 0.29) is 5.54 Å². The van der Waals surface area contributed by atoms with Gasteiger partial charge in [0.1, 0.15) is 5.01 Å². The quantitative estimate of drug-likeness (QED) is 0.783. The third kappa shape index (κ3) is 2.29. The predicted octanol–water partition coefficient (Wildman–Crippen LogP) is 2.36. The lowest BCUT2D eigenvalue weighted by atomic mass is 9.92. The van der Waals surface area contributed by atoms with Crippen molar-refractivity contribution in [3.05, 3.63) is 16.6 Å². The summed E-state index contributed by atoms with van der Waals surface area (Å²) in [6.45, 7) is 6.41. The van der Waals surface area contributed by atoms with Crippen LogP contribution in [-0.4, -0.2) is 4.98 Å². The SMILES string of the molecule is CC(C)CC(C)(N)c1nccs1. The van der Waals surface area contributed by atoms with Gasteiger partial charge in [-0.2, -0.15) is 0 Å². The number of thiazole rings is 1. The average molecular weight is 184 g/mol. The molecule has 0 amide bonds. The van der Waals surface area contributed by atoms with Crippen molar-refractivity contribution in [2.75, 3.05) is 0 Å². The summed E-state index contributed by atoms with van der Waals surface area (Å²) < 4.78 is 0. The zero-order valence-electron chi connectivity index (χ0n) is 7.87. The molecule has 12 heavy (non-hydrogen) atoms. The van der Waals surface area contributed by atoms with E-state index in [1.807, 2.05) is 18.5 Å². The minimum Gasteiger partial charge on any atom is -0.320 e. The van der Waals surface area contributed by atoms with Gasteiger partial charge in [-0.1, -0.05) is 13.8 Å². The highest BCUT2D eigenvalue weighted by Crippen LogP contribution is 2.26. The Hall–Kier alpha value is -0.410. The standard InChI is InChI=1S/C9H16N2S/c1-7(2)6-9(3,10)8-11-4-5-12-8/h4-5,7H,6,10H2,1-3H3. The second-order valence-electron chi connectivity index (χ2n) is 3.85. The Morgan fingerprint density at radius 2 is 2.33 bits per heavy atom. The second-order valence-corrected chi connectivity index (χ2v) is 4.75. The molecule has 0 aliphatic rings. The predicted molar refractivity (Wildman–Crippen MR) is 53.1 cm³/mol. The summed E-state index contributed by atoms with van der Waals surface area (Å²) >= 11 is 1.64. The van der Waals surface area contributed by atoms with E-state index >= 15 is 0 Å². The van der Waals surface area contributed by atoms with Crippen molar-refractivity contribution < 1.29 is 0 Å². The maximum Gasteiger partial charge on any atom is 0.112 e. The topological polar surface area (TPSA) is 38.9 Å². The van der Waals surface area contributed by atoms with Gasteiger partial charge in [-0.25, -0.2) is 4.98 Å². The summed E-state index contributed by atoms with van der Waals surface area (Å²) in [7, 11) is 0. The fourth-order valence-corrected chi connectivity index (χ4v) is 2.17. The lowest BCUT2D eigenvalue weighted by Gasteiger charge is -2.23. The Bertz CT molecular complexity index is 227. The van der Waals surface area contributed by atoms with E-state index in [1.54, 1.807) is 11.3 Å². The van der Waals surface area contributed by atoms with E-state index in [9.17, 15) is 0 Å². The van der Waals surface area contributed by atoms with Crippen LogP contribution in [0.4, 0.5) is 0 Å². The molecule has 2 N–H and O–H groups in total. The smallest absolute Gasteiger partial charge is 0.112 e. The van der Waals surface area contributed by atoms with Gasteiger partial charge in [-0.3, -0.25) is 0 Å². The highest BCUT2D eigenvalue weighted by atomic mass is 32.1. The highest BCUT2D eigenvalue weighted by molar-refractivity contribution is 7.09. The van der Waals surface area contributed by atoms with Crippen LogP contribution in [0.15, 0.2) is 11.6 Å². The molecule has 0 aliphatic carbocycles. The number of hydrogen-bond acceptors (Lipinski definition) is 3. The van der Waals surface area contributed by atoms with Gasteiger partial charge in [0.15, 0.2) is 0 Å². The van der Waals surface area contributed by atoms with Crippen molar-refractivity contribution in [3.63, 3.8) is 0 Å². The van der Waals surface area contributed by atoms with E-state index in [4.69, 9.17) is 5.73 Å². The molecule has 2 nitrogen and oxygen atoms in total. The second kappa shape index (κ2) is 3.54. The molecule has 0 bridgehead atoms. The fourth-order valence-electron chi connectivity index (χ4n) is 1.44. The fraction of sp³-hybridized carbons (Fsp3) is 0.667. The van der Waals surface area contributed by atoms with E-state index in [2.05, 4.69) is 18.8 Å². The highest BCUT2D eigenvalue weighted by Gasteiger charge is 2.24. The van der Waals surface area contributed by atoms with Crippen molar-refractivity contribution >= 4 is 11.3 Å². The Labute approximate surface area is 77.8 Å². The normalized spacial score (nSPS) is 16.4. The molecule has 0 aliphatic heterocycles. The molecular weight excluding hydrogens is 168 g/mol. The van der Waals surface area contributed by atoms with Crippen LogP contribution >= 0.6 is 11.3 Å². The summed E-state index contributed by atoms with van der Waals surface area (Å²) in [6, 6.07) is 0. The van der Waals surface area contributed by atoms with Crippen LogP contribution in [0.2, 0.25) is 0 Å². The minimum atomic E-state index is -0.248. The van der Waals surface area contributed by atoms with Crippen molar-refractivity contribution in [2.45, 2.75) is 32.7 Å². The summed E-state index contributed by atoms with van der Waals surface area (Å²) in [6.07, 6.45) is 2.80. The zero-order valence-corrected chi connectivity index (χ0v) is 8.69. The third-order valence-corrected chi connectivity index (χ3v) is 2.81. The van der Waals surface area contributed by atoms with Gasteiger partial charge in [0.05, 0.1) is 5.54 Å². The van der Waals surface area contributed by atoms with Crippen LogP contribution in [0.3, 0.4) is 0 Å². The first-order valence-corrected chi connectivity index (χ1v) is 5.09. The Kier molecular flexibility index (Phi) is 2.85. The zero-order chi connectivity index (χ0) is 9.19. The van der Waals surface area contributed by atoms with Gasteiger partial charge in [0.2, 0.25) is 0 Å². The van der Waals surface area contributed by atoms with Crippen molar-refractivity contribution in [1.29, 1.82) is 0 Å². The number of nitrogens with two attached hydrogens (primary N) is 1. The van der Waals surface area contributed by atoms with Gasteiger partial charge in [-0.15, -0.1) is 11.3 Å². The molecule has 0 radical (unpaired) electrons. The van der Waals surface area contributed by atoms with Gasteiger partial charge in [0, 0.05) is 11.6 Å². The first-order chi connectivity index (χ1) is 5.52. The minimum absolute atomic E-state index is 0.248. The number of aromatic nitrogens is 1. The monoisotopic (exact) mass is 184 g/mol. The molecule has 1 aromatic rings. The van der Waals surface area contributed by atoms with Crippen LogP contribution < -0.4 is 5.73 Å². The maximum atomic E-state index is 6.13. The molecule has 0 spiro atoms. The van der Waals surface area contributed by atoms with E-state index in [0.29, 0.717) is 5.92 Å². The van der Waals surface area contributed by atoms with Crippen LogP contribution in [-0.2, 0) is 5.54 Å². The molecule has 68 valence electrons. The van der Waals surface area contributed by atoms with Crippen molar-refractivity contribution in [2.24, 2.45) is 11.7 Å². The first-order valence-electron chi connectivity index (χ1n) is 4.21. The van der Waals surface area contributed by atoms with E-state index < -0.39 is 0 Å². The van der Waals surface area contributed by atoms with Crippen LogP contribution in [0.25, 0.3) is 0 Å². The average Bonchev–Trinajstić information content (AvgIpc) is 2.32. The third-order valence-electron chi connectivity index (χ3n) is 1.75. The molecule has 0 fully saturated rings. The molecule has 1 heterocycles. The summed E-state index contributed by atoms with van der Waals surface area (Å²) in [5.74, 6) is 0.615. The lowest BCUT2D eigenvalue weighted by molar-refractivity contribution is 0.379. The molecular formula is C9H16N2S. The molecule has 3 heteroatoms. The molecule has 1 aromatic heterocycles. The van der Waals surface area contributed by atoms with Gasteiger partial charge in [0.25, 0.3) is 0 Å². The molecule has 0 saturated carbocycles. The molecule has 1 rings (SSSR count). The molecule has 1 unspecified atom stereocenters. The van der Waals surface area contributed by atoms with Crippen LogP contribution in [0, 0.1) is 5.92 Å². The molecule has 0 saturated heterocycles. The summed E-state index contributed by atoms with van der Waals surface area (Å²) in [4.78, 5) is 4.23. The summed E-state index contributed by atoms with van der Waals surface area (Å²) in [5.41, 5.74) is 5.88. The molecule has 0 aromatic carbocycles. The van der Waals surface area contributed by atoms with E-state index in [0.717, 1.165) is 11.4 Å². The Morgan fingerprint density at radius 1 is 1.67 bits per heavy atom. The van der Waals surface area contributed by atoms with Gasteiger partial charge >= 0.3 is 0 Å². The largest absolute Gasteiger partial charge is 0.320 e. The number of nitrogens with zero attached hydrogens (tertiary/aromatic N) is 1. The van der Waals surface area contributed by atoms with Gasteiger partial charge in [-0.05, 0) is 19.3 Å². The first kappa shape index (κ1) is 9.68. The van der Waals surface area contributed by atoms with Gasteiger partial charge < -0.3 is 5.73 Å². The van der Waals surface area contributed by atoms with E-state index in [1.165, 1.54) is 0 Å². The van der Waals surface area contributed by atoms with Crippen molar-refractivity contribution in [1.82, 2.24) is 4.98 Å². The van der Waals surface area contributed by atoms with Crippen LogP contribution in [0.1, 0.15) is 32.2 Å². The van der Waals surface area contributed by atoms with Crippen LogP contribution in [0.5, 0.6) is 0 Å². The summed E-state index contributed by atoms with van der Waals surface area (Å²) in [5, 5.41) is 3.01. The lowest BCUT2D eigenvalue weighted by Crippen LogP contribution is -2.34. The number of hydrogen-bond donors (Lipinski definition) is 1. The van der Waals surface area contributed by atoms with Crippen molar-refractivity contribution in [3.8, 4) is 0 Å². The maximum absolute atomic E-state index is 6.13. The Morgan fingerprint density at radius 3 is 2.75 bits per heavy atom. The molecule has 1 atom stereocenters. The Balaban J connectivity index is 2.72.